The average Bonchev–Trinajstić information content (AvgIpc) is 2.59. The van der Waals surface area contributed by atoms with E-state index in [0.29, 0.717) is 5.69 Å². The summed E-state index contributed by atoms with van der Waals surface area (Å²) < 4.78 is 1.88. The SMILES string of the molecule is NNC(=O)c1cc2n(n1)CCCC2. The number of amides is 1. The predicted octanol–water partition coefficient (Wildman–Crippen LogP) is -0.177. The van der Waals surface area contributed by atoms with Gasteiger partial charge in [0.15, 0.2) is 5.69 Å². The first-order valence-electron chi connectivity index (χ1n) is 4.39. The van der Waals surface area contributed by atoms with Gasteiger partial charge < -0.3 is 0 Å². The number of hydrogen-bond donors (Lipinski definition) is 2. The van der Waals surface area contributed by atoms with Crippen LogP contribution < -0.4 is 11.3 Å². The second-order valence-electron chi connectivity index (χ2n) is 3.17. The standard InChI is InChI=1S/C8H12N4O/c9-10-8(13)7-5-6-3-1-2-4-12(6)11-7/h5H,1-4,9H2,(H,10,13). The Morgan fingerprint density at radius 2 is 2.46 bits per heavy atom. The molecule has 2 rings (SSSR count). The van der Waals surface area contributed by atoms with E-state index in [1.165, 1.54) is 6.42 Å². The molecule has 70 valence electrons. The van der Waals surface area contributed by atoms with Crippen LogP contribution in [0.15, 0.2) is 6.07 Å². The van der Waals surface area contributed by atoms with Crippen LogP contribution in [0.1, 0.15) is 29.0 Å². The minimum absolute atomic E-state index is 0.318. The molecule has 0 aliphatic carbocycles. The van der Waals surface area contributed by atoms with Gasteiger partial charge >= 0.3 is 0 Å². The molecule has 0 fully saturated rings. The molecular weight excluding hydrogens is 168 g/mol. The Hall–Kier alpha value is -1.36. The topological polar surface area (TPSA) is 72.9 Å². The average molecular weight is 180 g/mol. The number of aryl methyl sites for hydroxylation is 2. The van der Waals surface area contributed by atoms with Gasteiger partial charge in [0.2, 0.25) is 0 Å². The first-order chi connectivity index (χ1) is 6.31. The van der Waals surface area contributed by atoms with E-state index in [1.54, 1.807) is 6.07 Å². The van der Waals surface area contributed by atoms with Crippen LogP contribution >= 0.6 is 0 Å². The Morgan fingerprint density at radius 3 is 3.15 bits per heavy atom. The van der Waals surface area contributed by atoms with E-state index in [-0.39, 0.29) is 5.91 Å². The smallest absolute Gasteiger partial charge is 0.285 e. The Morgan fingerprint density at radius 1 is 1.62 bits per heavy atom. The highest BCUT2D eigenvalue weighted by Crippen LogP contribution is 2.14. The number of fused-ring (bicyclic) bond motifs is 1. The molecule has 3 N–H and O–H groups in total. The Bertz CT molecular complexity index is 307. The van der Waals surface area contributed by atoms with E-state index in [9.17, 15) is 4.79 Å². The third-order valence-electron chi connectivity index (χ3n) is 2.28. The summed E-state index contributed by atoms with van der Waals surface area (Å²) in [7, 11) is 0. The summed E-state index contributed by atoms with van der Waals surface area (Å²) in [6.07, 6.45) is 3.32. The van der Waals surface area contributed by atoms with Crippen molar-refractivity contribution in [3.63, 3.8) is 0 Å². The third kappa shape index (κ3) is 1.42. The zero-order chi connectivity index (χ0) is 9.26. The molecule has 1 aromatic heterocycles. The largest absolute Gasteiger partial charge is 0.289 e. The fraction of sp³-hybridized carbons (Fsp3) is 0.500. The lowest BCUT2D eigenvalue weighted by molar-refractivity contribution is 0.0948. The van der Waals surface area contributed by atoms with Gasteiger partial charge in [-0.3, -0.25) is 14.9 Å². The van der Waals surface area contributed by atoms with Gasteiger partial charge in [-0.1, -0.05) is 0 Å². The summed E-state index contributed by atoms with van der Waals surface area (Å²) in [6, 6.07) is 1.81. The highest BCUT2D eigenvalue weighted by atomic mass is 16.2. The van der Waals surface area contributed by atoms with Crippen LogP contribution in [0.4, 0.5) is 0 Å². The molecule has 0 saturated carbocycles. The van der Waals surface area contributed by atoms with E-state index in [2.05, 4.69) is 10.5 Å². The molecule has 0 atom stereocenters. The van der Waals surface area contributed by atoms with Gasteiger partial charge in [0.25, 0.3) is 5.91 Å². The second-order valence-corrected chi connectivity index (χ2v) is 3.17. The quantitative estimate of drug-likeness (QED) is 0.358. The fourth-order valence-electron chi connectivity index (χ4n) is 1.60. The molecule has 5 heteroatoms. The lowest BCUT2D eigenvalue weighted by atomic mass is 10.1. The van der Waals surface area contributed by atoms with Crippen molar-refractivity contribution in [2.45, 2.75) is 25.8 Å². The molecule has 0 radical (unpaired) electrons. The molecule has 0 saturated heterocycles. The number of carbonyl (C=O) groups is 1. The van der Waals surface area contributed by atoms with Crippen molar-refractivity contribution in [1.82, 2.24) is 15.2 Å². The first kappa shape index (κ1) is 8.25. The number of hydrazine groups is 1. The number of aromatic nitrogens is 2. The Balaban J connectivity index is 2.30. The van der Waals surface area contributed by atoms with Gasteiger partial charge in [-0.25, -0.2) is 5.84 Å². The number of carbonyl (C=O) groups excluding carboxylic acids is 1. The molecular formula is C8H12N4O. The summed E-state index contributed by atoms with van der Waals surface area (Å²) in [6.45, 7) is 0.910. The van der Waals surface area contributed by atoms with E-state index in [0.717, 1.165) is 25.1 Å². The minimum atomic E-state index is -0.318. The Labute approximate surface area is 75.9 Å². The van der Waals surface area contributed by atoms with Crippen molar-refractivity contribution in [2.75, 3.05) is 0 Å². The first-order valence-corrected chi connectivity index (χ1v) is 4.39. The minimum Gasteiger partial charge on any atom is -0.289 e. The van der Waals surface area contributed by atoms with Gasteiger partial charge in [-0.05, 0) is 25.3 Å². The molecule has 1 aliphatic heterocycles. The number of nitrogens with zero attached hydrogens (tertiary/aromatic N) is 2. The summed E-state index contributed by atoms with van der Waals surface area (Å²) in [5.74, 6) is 4.70. The van der Waals surface area contributed by atoms with Crippen molar-refractivity contribution in [2.24, 2.45) is 5.84 Å². The zero-order valence-electron chi connectivity index (χ0n) is 7.29. The van der Waals surface area contributed by atoms with Gasteiger partial charge in [0.05, 0.1) is 0 Å². The van der Waals surface area contributed by atoms with Crippen LogP contribution in [0.3, 0.4) is 0 Å². The molecule has 0 spiro atoms. The van der Waals surface area contributed by atoms with Crippen LogP contribution in [0.5, 0.6) is 0 Å². The molecule has 0 bridgehead atoms. The third-order valence-corrected chi connectivity index (χ3v) is 2.28. The van der Waals surface area contributed by atoms with E-state index >= 15 is 0 Å². The Kier molecular flexibility index (Phi) is 2.02. The van der Waals surface area contributed by atoms with Gasteiger partial charge in [-0.2, -0.15) is 5.10 Å². The maximum Gasteiger partial charge on any atom is 0.285 e. The van der Waals surface area contributed by atoms with Crippen LogP contribution in [-0.2, 0) is 13.0 Å². The van der Waals surface area contributed by atoms with Gasteiger partial charge in [0.1, 0.15) is 0 Å². The highest BCUT2D eigenvalue weighted by Gasteiger charge is 2.15. The van der Waals surface area contributed by atoms with Crippen LogP contribution in [0.2, 0.25) is 0 Å². The van der Waals surface area contributed by atoms with Crippen LogP contribution in [-0.4, -0.2) is 15.7 Å². The molecule has 1 aromatic rings. The second kappa shape index (κ2) is 3.18. The molecule has 1 amide bonds. The monoisotopic (exact) mass is 180 g/mol. The lowest BCUT2D eigenvalue weighted by Crippen LogP contribution is -2.30. The normalized spacial score (nSPS) is 15.2. The van der Waals surface area contributed by atoms with Crippen molar-refractivity contribution in [1.29, 1.82) is 0 Å². The van der Waals surface area contributed by atoms with Crippen LogP contribution in [0, 0.1) is 0 Å². The van der Waals surface area contributed by atoms with E-state index in [4.69, 9.17) is 5.84 Å². The van der Waals surface area contributed by atoms with E-state index in [1.807, 2.05) is 4.68 Å². The fourth-order valence-corrected chi connectivity index (χ4v) is 1.60. The van der Waals surface area contributed by atoms with Gasteiger partial charge in [-0.15, -0.1) is 0 Å². The van der Waals surface area contributed by atoms with Crippen molar-refractivity contribution < 1.29 is 4.79 Å². The summed E-state index contributed by atoms with van der Waals surface area (Å²) in [5, 5.41) is 4.15. The van der Waals surface area contributed by atoms with Crippen molar-refractivity contribution >= 4 is 5.91 Å². The molecule has 0 aromatic carbocycles. The molecule has 5 nitrogen and oxygen atoms in total. The maximum atomic E-state index is 11.1. The number of nitrogen functional groups attached to an aromatic ring is 1. The van der Waals surface area contributed by atoms with Crippen molar-refractivity contribution in [3.8, 4) is 0 Å². The summed E-state index contributed by atoms with van der Waals surface area (Å²) in [5.41, 5.74) is 3.62. The summed E-state index contributed by atoms with van der Waals surface area (Å²) >= 11 is 0. The number of nitrogens with one attached hydrogen (secondary N) is 1. The predicted molar refractivity (Wildman–Crippen MR) is 46.8 cm³/mol. The number of hydrogen-bond acceptors (Lipinski definition) is 3. The molecule has 1 aliphatic rings. The molecule has 13 heavy (non-hydrogen) atoms. The van der Waals surface area contributed by atoms with Crippen molar-refractivity contribution in [3.05, 3.63) is 17.5 Å². The molecule has 2 heterocycles. The number of nitrogens with two attached hydrogens (primary N) is 1. The zero-order valence-corrected chi connectivity index (χ0v) is 7.29. The highest BCUT2D eigenvalue weighted by molar-refractivity contribution is 5.91. The van der Waals surface area contributed by atoms with Crippen LogP contribution in [0.25, 0.3) is 0 Å². The lowest BCUT2D eigenvalue weighted by Gasteiger charge is -2.11. The van der Waals surface area contributed by atoms with Gasteiger partial charge in [0, 0.05) is 12.2 Å². The molecule has 0 unspecified atom stereocenters. The summed E-state index contributed by atoms with van der Waals surface area (Å²) in [4.78, 5) is 11.1. The van der Waals surface area contributed by atoms with E-state index < -0.39 is 0 Å². The number of rotatable bonds is 1. The maximum absolute atomic E-state index is 11.1.